The summed E-state index contributed by atoms with van der Waals surface area (Å²) in [6, 6.07) is 5.11. The fourth-order valence-corrected chi connectivity index (χ4v) is 2.44. The van der Waals surface area contributed by atoms with Gasteiger partial charge in [-0.2, -0.15) is 0 Å². The first-order valence-corrected chi connectivity index (χ1v) is 6.52. The Balaban J connectivity index is 2.44. The van der Waals surface area contributed by atoms with E-state index in [1.165, 1.54) is 0 Å². The summed E-state index contributed by atoms with van der Waals surface area (Å²) in [4.78, 5) is 35.9. The normalized spacial score (nSPS) is 18.2. The van der Waals surface area contributed by atoms with Gasteiger partial charge in [0.1, 0.15) is 5.54 Å². The minimum Gasteiger partial charge on any atom is -0.348 e. The van der Waals surface area contributed by atoms with Gasteiger partial charge in [-0.05, 0) is 48.0 Å². The molecule has 2 amide bonds. The Hall–Kier alpha value is -1.69. The van der Waals surface area contributed by atoms with E-state index in [9.17, 15) is 14.4 Å². The quantitative estimate of drug-likeness (QED) is 0.661. The SMILES string of the molecule is CC1(C)C(=O)NC(=O)CN1c1ccc(C=O)c(Br)c1. The summed E-state index contributed by atoms with van der Waals surface area (Å²) >= 11 is 3.30. The Morgan fingerprint density at radius 3 is 2.63 bits per heavy atom. The molecule has 0 spiro atoms. The van der Waals surface area contributed by atoms with Crippen LogP contribution in [0.15, 0.2) is 22.7 Å². The summed E-state index contributed by atoms with van der Waals surface area (Å²) < 4.78 is 0.634. The number of halogens is 1. The van der Waals surface area contributed by atoms with Crippen molar-refractivity contribution in [2.45, 2.75) is 19.4 Å². The summed E-state index contributed by atoms with van der Waals surface area (Å²) in [5.41, 5.74) is 0.413. The number of carbonyl (C=O) groups is 3. The van der Waals surface area contributed by atoms with Gasteiger partial charge in [0.2, 0.25) is 5.91 Å². The zero-order chi connectivity index (χ0) is 14.2. The molecule has 0 radical (unpaired) electrons. The van der Waals surface area contributed by atoms with Crippen molar-refractivity contribution in [3.05, 3.63) is 28.2 Å². The second kappa shape index (κ2) is 4.77. The van der Waals surface area contributed by atoms with Crippen molar-refractivity contribution in [1.82, 2.24) is 5.32 Å². The monoisotopic (exact) mass is 324 g/mol. The van der Waals surface area contributed by atoms with Gasteiger partial charge >= 0.3 is 0 Å². The highest BCUT2D eigenvalue weighted by atomic mass is 79.9. The Morgan fingerprint density at radius 2 is 2.05 bits per heavy atom. The first-order chi connectivity index (χ1) is 8.86. The van der Waals surface area contributed by atoms with Gasteiger partial charge in [-0.1, -0.05) is 0 Å². The lowest BCUT2D eigenvalue weighted by atomic mass is 9.97. The second-order valence-corrected chi connectivity index (χ2v) is 5.70. The van der Waals surface area contributed by atoms with Crippen molar-refractivity contribution in [1.29, 1.82) is 0 Å². The Bertz CT molecular complexity index is 569. The van der Waals surface area contributed by atoms with E-state index in [0.717, 1.165) is 6.29 Å². The average molecular weight is 325 g/mol. The molecule has 0 aliphatic carbocycles. The highest BCUT2D eigenvalue weighted by Crippen LogP contribution is 2.29. The van der Waals surface area contributed by atoms with Crippen LogP contribution in [-0.2, 0) is 9.59 Å². The topological polar surface area (TPSA) is 66.5 Å². The van der Waals surface area contributed by atoms with E-state index in [4.69, 9.17) is 0 Å². The third-order valence-corrected chi connectivity index (χ3v) is 3.89. The van der Waals surface area contributed by atoms with Gasteiger partial charge in [0.25, 0.3) is 5.91 Å². The molecule has 1 aromatic rings. The maximum atomic E-state index is 11.9. The maximum absolute atomic E-state index is 11.9. The molecule has 1 fully saturated rings. The third kappa shape index (κ3) is 2.40. The van der Waals surface area contributed by atoms with Gasteiger partial charge in [-0.3, -0.25) is 19.7 Å². The van der Waals surface area contributed by atoms with Crippen molar-refractivity contribution >= 4 is 39.7 Å². The molecule has 0 saturated carbocycles. The van der Waals surface area contributed by atoms with Gasteiger partial charge in [-0.15, -0.1) is 0 Å². The van der Waals surface area contributed by atoms with Gasteiger partial charge in [0.05, 0.1) is 6.54 Å². The van der Waals surface area contributed by atoms with Crippen molar-refractivity contribution in [3.8, 4) is 0 Å². The van der Waals surface area contributed by atoms with Crippen LogP contribution in [0, 0.1) is 0 Å². The van der Waals surface area contributed by atoms with Crippen molar-refractivity contribution in [3.63, 3.8) is 0 Å². The summed E-state index contributed by atoms with van der Waals surface area (Å²) in [6.07, 6.45) is 0.743. The van der Waals surface area contributed by atoms with E-state index in [1.54, 1.807) is 36.9 Å². The van der Waals surface area contributed by atoms with E-state index >= 15 is 0 Å². The molecular weight excluding hydrogens is 312 g/mol. The number of imide groups is 1. The molecule has 1 aromatic carbocycles. The highest BCUT2D eigenvalue weighted by molar-refractivity contribution is 9.10. The predicted octanol–water partition coefficient (Wildman–Crippen LogP) is 1.50. The molecule has 1 aliphatic heterocycles. The standard InChI is InChI=1S/C13H13BrN2O3/c1-13(2)12(19)15-11(18)6-16(13)9-4-3-8(7-17)10(14)5-9/h3-5,7H,6H2,1-2H3,(H,15,18,19). The van der Waals surface area contributed by atoms with Crippen molar-refractivity contribution in [2.75, 3.05) is 11.4 Å². The number of hydrogen-bond acceptors (Lipinski definition) is 4. The van der Waals surface area contributed by atoms with Gasteiger partial charge in [0, 0.05) is 15.7 Å². The van der Waals surface area contributed by atoms with Crippen LogP contribution in [-0.4, -0.2) is 30.2 Å². The minimum atomic E-state index is -0.823. The molecule has 6 heteroatoms. The lowest BCUT2D eigenvalue weighted by molar-refractivity contribution is -0.135. The molecule has 0 unspecified atom stereocenters. The van der Waals surface area contributed by atoms with Crippen LogP contribution in [0.5, 0.6) is 0 Å². The summed E-state index contributed by atoms with van der Waals surface area (Å²) in [5, 5.41) is 2.32. The largest absolute Gasteiger partial charge is 0.348 e. The molecule has 1 N–H and O–H groups in total. The van der Waals surface area contributed by atoms with Crippen molar-refractivity contribution < 1.29 is 14.4 Å². The molecule has 1 heterocycles. The second-order valence-electron chi connectivity index (χ2n) is 4.85. The van der Waals surface area contributed by atoms with Gasteiger partial charge < -0.3 is 4.90 Å². The fraction of sp³-hybridized carbons (Fsp3) is 0.308. The number of piperazine rings is 1. The zero-order valence-electron chi connectivity index (χ0n) is 10.6. The van der Waals surface area contributed by atoms with Crippen LogP contribution in [0.25, 0.3) is 0 Å². The number of nitrogens with zero attached hydrogens (tertiary/aromatic N) is 1. The third-order valence-electron chi connectivity index (χ3n) is 3.21. The summed E-state index contributed by atoms with van der Waals surface area (Å²) in [5.74, 6) is -0.667. The van der Waals surface area contributed by atoms with E-state index in [0.29, 0.717) is 15.7 Å². The van der Waals surface area contributed by atoms with E-state index in [1.807, 2.05) is 0 Å². The molecule has 5 nitrogen and oxygen atoms in total. The number of hydrogen-bond donors (Lipinski definition) is 1. The van der Waals surface area contributed by atoms with Gasteiger partial charge in [-0.25, -0.2) is 0 Å². The number of aldehydes is 1. The lowest BCUT2D eigenvalue weighted by Crippen LogP contribution is -2.64. The highest BCUT2D eigenvalue weighted by Gasteiger charge is 2.41. The molecule has 100 valence electrons. The number of benzene rings is 1. The Kier molecular flexibility index (Phi) is 3.45. The smallest absolute Gasteiger partial charge is 0.251 e. The van der Waals surface area contributed by atoms with Crippen LogP contribution in [0.3, 0.4) is 0 Å². The zero-order valence-corrected chi connectivity index (χ0v) is 12.2. The number of carbonyl (C=O) groups excluding carboxylic acids is 3. The van der Waals surface area contributed by atoms with Crippen LogP contribution in [0.1, 0.15) is 24.2 Å². The number of rotatable bonds is 2. The lowest BCUT2D eigenvalue weighted by Gasteiger charge is -2.41. The molecule has 0 aromatic heterocycles. The number of anilines is 1. The van der Waals surface area contributed by atoms with Crippen LogP contribution in [0.2, 0.25) is 0 Å². The first kappa shape index (κ1) is 13.7. The predicted molar refractivity (Wildman–Crippen MR) is 74.1 cm³/mol. The number of amides is 2. The van der Waals surface area contributed by atoms with E-state index < -0.39 is 5.54 Å². The Morgan fingerprint density at radius 1 is 1.37 bits per heavy atom. The van der Waals surface area contributed by atoms with E-state index in [2.05, 4.69) is 21.2 Å². The minimum absolute atomic E-state index is 0.103. The van der Waals surface area contributed by atoms with Gasteiger partial charge in [0.15, 0.2) is 6.29 Å². The summed E-state index contributed by atoms with van der Waals surface area (Å²) in [6.45, 7) is 3.60. The first-order valence-electron chi connectivity index (χ1n) is 5.73. The molecule has 1 saturated heterocycles. The molecule has 19 heavy (non-hydrogen) atoms. The molecule has 2 rings (SSSR count). The average Bonchev–Trinajstić information content (AvgIpc) is 2.34. The summed E-state index contributed by atoms with van der Waals surface area (Å²) in [7, 11) is 0. The van der Waals surface area contributed by atoms with Crippen LogP contribution in [0.4, 0.5) is 5.69 Å². The molecule has 0 bridgehead atoms. The maximum Gasteiger partial charge on any atom is 0.251 e. The molecule has 1 aliphatic rings. The Labute approximate surface area is 119 Å². The molecular formula is C13H13BrN2O3. The number of nitrogens with one attached hydrogen (secondary N) is 1. The van der Waals surface area contributed by atoms with Crippen LogP contribution < -0.4 is 10.2 Å². The van der Waals surface area contributed by atoms with Crippen LogP contribution >= 0.6 is 15.9 Å². The van der Waals surface area contributed by atoms with Crippen molar-refractivity contribution in [2.24, 2.45) is 0 Å². The fourth-order valence-electron chi connectivity index (χ4n) is 1.98. The molecule has 0 atom stereocenters. The van der Waals surface area contributed by atoms with E-state index in [-0.39, 0.29) is 18.4 Å².